The van der Waals surface area contributed by atoms with Crippen LogP contribution in [0.15, 0.2) is 53.7 Å². The van der Waals surface area contributed by atoms with Crippen LogP contribution in [0.4, 0.5) is 5.69 Å². The lowest BCUT2D eigenvalue weighted by molar-refractivity contribution is 0.500. The van der Waals surface area contributed by atoms with Gasteiger partial charge in [0.15, 0.2) is 0 Å². The topological polar surface area (TPSA) is 92.5 Å². The number of nitrogens with two attached hydrogens (primary N) is 1. The van der Waals surface area contributed by atoms with Crippen molar-refractivity contribution in [2.24, 2.45) is 11.7 Å². The summed E-state index contributed by atoms with van der Waals surface area (Å²) in [7, 11) is 0. The van der Waals surface area contributed by atoms with Gasteiger partial charge in [-0.05, 0) is 55.1 Å². The Morgan fingerprint density at radius 1 is 1.16 bits per heavy atom. The van der Waals surface area contributed by atoms with Crippen molar-refractivity contribution in [3.63, 3.8) is 0 Å². The third kappa shape index (κ3) is 4.18. The van der Waals surface area contributed by atoms with E-state index < -0.39 is 0 Å². The number of rotatable bonds is 7. The largest absolute Gasteiger partial charge is 0.376 e. The number of pyridine rings is 1. The molecule has 0 spiro atoms. The summed E-state index contributed by atoms with van der Waals surface area (Å²) in [6.07, 6.45) is 5.59. The highest BCUT2D eigenvalue weighted by molar-refractivity contribution is 7.98. The summed E-state index contributed by atoms with van der Waals surface area (Å²) in [6, 6.07) is 12.5. The number of aromatic nitrogens is 4. The molecule has 0 aliphatic carbocycles. The summed E-state index contributed by atoms with van der Waals surface area (Å²) >= 11 is 1.73. The molecule has 0 fully saturated rings. The Hall–Kier alpha value is -2.38. The highest BCUT2D eigenvalue weighted by Crippen LogP contribution is 2.27. The van der Waals surface area contributed by atoms with Crippen molar-refractivity contribution in [3.05, 3.63) is 54.5 Å². The van der Waals surface area contributed by atoms with E-state index in [2.05, 4.69) is 63.2 Å². The molecular weight excluding hydrogens is 332 g/mol. The first-order chi connectivity index (χ1) is 12.2. The highest BCUT2D eigenvalue weighted by Gasteiger charge is 2.20. The van der Waals surface area contributed by atoms with E-state index in [1.807, 2.05) is 18.3 Å². The molecule has 2 atom stereocenters. The van der Waals surface area contributed by atoms with E-state index in [-0.39, 0.29) is 12.0 Å². The molecule has 0 aliphatic heterocycles. The summed E-state index contributed by atoms with van der Waals surface area (Å²) in [6.45, 7) is 2.71. The van der Waals surface area contributed by atoms with Gasteiger partial charge in [-0.25, -0.2) is 0 Å². The second-order valence-corrected chi connectivity index (χ2v) is 6.78. The van der Waals surface area contributed by atoms with Crippen LogP contribution in [0.25, 0.3) is 11.3 Å². The number of nitrogens with one attached hydrogen (secondary N) is 2. The minimum Gasteiger partial charge on any atom is -0.376 e. The first-order valence-electron chi connectivity index (χ1n) is 8.14. The molecule has 0 saturated heterocycles. The maximum absolute atomic E-state index is 5.92. The SMILES string of the molecule is CSc1ccc(NC(c2ccc(-c3cnn[nH]3)cn2)C(C)CN)cc1. The minimum absolute atomic E-state index is 0.0408. The molecule has 130 valence electrons. The highest BCUT2D eigenvalue weighted by atomic mass is 32.2. The first kappa shape index (κ1) is 17.4. The van der Waals surface area contributed by atoms with Gasteiger partial charge >= 0.3 is 0 Å². The maximum Gasteiger partial charge on any atom is 0.0868 e. The fourth-order valence-electron chi connectivity index (χ4n) is 2.60. The quantitative estimate of drug-likeness (QED) is 0.564. The fourth-order valence-corrected chi connectivity index (χ4v) is 3.00. The Balaban J connectivity index is 1.82. The summed E-state index contributed by atoms with van der Waals surface area (Å²) in [5.41, 5.74) is 9.75. The monoisotopic (exact) mass is 354 g/mol. The molecule has 2 aromatic heterocycles. The van der Waals surface area contributed by atoms with Crippen molar-refractivity contribution in [2.75, 3.05) is 18.1 Å². The molecule has 1 aromatic carbocycles. The van der Waals surface area contributed by atoms with Crippen LogP contribution in [-0.2, 0) is 0 Å². The molecule has 7 heteroatoms. The van der Waals surface area contributed by atoms with Gasteiger partial charge in [0.05, 0.1) is 23.6 Å². The normalized spacial score (nSPS) is 13.4. The smallest absolute Gasteiger partial charge is 0.0868 e. The number of aromatic amines is 1. The summed E-state index contributed by atoms with van der Waals surface area (Å²) in [5, 5.41) is 14.0. The fraction of sp³-hybridized carbons (Fsp3) is 0.278. The maximum atomic E-state index is 5.92. The Labute approximate surface area is 151 Å². The van der Waals surface area contributed by atoms with Crippen LogP contribution in [0.1, 0.15) is 18.7 Å². The Morgan fingerprint density at radius 3 is 2.52 bits per heavy atom. The minimum atomic E-state index is 0.0408. The van der Waals surface area contributed by atoms with Crippen LogP contribution in [0.2, 0.25) is 0 Å². The molecule has 25 heavy (non-hydrogen) atoms. The van der Waals surface area contributed by atoms with Crippen LogP contribution >= 0.6 is 11.8 Å². The number of anilines is 1. The molecule has 0 saturated carbocycles. The number of benzene rings is 1. The van der Waals surface area contributed by atoms with E-state index in [4.69, 9.17) is 5.73 Å². The molecule has 0 bridgehead atoms. The number of H-pyrrole nitrogens is 1. The van der Waals surface area contributed by atoms with Crippen LogP contribution in [0.3, 0.4) is 0 Å². The number of thioether (sulfide) groups is 1. The summed E-state index contributed by atoms with van der Waals surface area (Å²) in [5.74, 6) is 0.243. The van der Waals surface area contributed by atoms with Gasteiger partial charge in [0.2, 0.25) is 0 Å². The van der Waals surface area contributed by atoms with Crippen molar-refractivity contribution >= 4 is 17.4 Å². The zero-order valence-corrected chi connectivity index (χ0v) is 15.1. The molecule has 4 N–H and O–H groups in total. The summed E-state index contributed by atoms with van der Waals surface area (Å²) < 4.78 is 0. The third-order valence-corrected chi connectivity index (χ3v) is 4.93. The van der Waals surface area contributed by atoms with Gasteiger partial charge < -0.3 is 11.1 Å². The zero-order chi connectivity index (χ0) is 17.6. The van der Waals surface area contributed by atoms with E-state index in [1.165, 1.54) is 4.90 Å². The van der Waals surface area contributed by atoms with E-state index in [0.717, 1.165) is 22.6 Å². The Kier molecular flexibility index (Phi) is 5.67. The van der Waals surface area contributed by atoms with Gasteiger partial charge in [-0.1, -0.05) is 12.1 Å². The van der Waals surface area contributed by atoms with Crippen LogP contribution < -0.4 is 11.1 Å². The Morgan fingerprint density at radius 2 is 1.96 bits per heavy atom. The molecular formula is C18H22N6S. The lowest BCUT2D eigenvalue weighted by Gasteiger charge is -2.25. The van der Waals surface area contributed by atoms with Gasteiger partial charge in [0.1, 0.15) is 0 Å². The summed E-state index contributed by atoms with van der Waals surface area (Å²) in [4.78, 5) is 5.88. The van der Waals surface area contributed by atoms with Crippen molar-refractivity contribution in [1.82, 2.24) is 20.4 Å². The van der Waals surface area contributed by atoms with Crippen LogP contribution in [0.5, 0.6) is 0 Å². The van der Waals surface area contributed by atoms with Crippen LogP contribution in [0, 0.1) is 5.92 Å². The lowest BCUT2D eigenvalue weighted by Crippen LogP contribution is -2.25. The van der Waals surface area contributed by atoms with E-state index in [0.29, 0.717) is 6.54 Å². The Bertz CT molecular complexity index is 770. The van der Waals surface area contributed by atoms with Crippen molar-refractivity contribution in [3.8, 4) is 11.3 Å². The molecule has 6 nitrogen and oxygen atoms in total. The molecule has 0 radical (unpaired) electrons. The second-order valence-electron chi connectivity index (χ2n) is 5.91. The third-order valence-electron chi connectivity index (χ3n) is 4.18. The molecule has 0 aliphatic rings. The first-order valence-corrected chi connectivity index (χ1v) is 9.36. The van der Waals surface area contributed by atoms with E-state index in [1.54, 1.807) is 18.0 Å². The van der Waals surface area contributed by atoms with Gasteiger partial charge in [0, 0.05) is 22.3 Å². The predicted octanol–water partition coefficient (Wildman–Crippen LogP) is 3.34. The van der Waals surface area contributed by atoms with Crippen molar-refractivity contribution in [2.45, 2.75) is 17.9 Å². The van der Waals surface area contributed by atoms with Gasteiger partial charge in [-0.3, -0.25) is 10.1 Å². The molecule has 2 heterocycles. The van der Waals surface area contributed by atoms with E-state index >= 15 is 0 Å². The van der Waals surface area contributed by atoms with Gasteiger partial charge in [-0.15, -0.1) is 16.9 Å². The van der Waals surface area contributed by atoms with Crippen molar-refractivity contribution < 1.29 is 0 Å². The molecule has 3 aromatic rings. The second kappa shape index (κ2) is 8.13. The van der Waals surface area contributed by atoms with Crippen LogP contribution in [-0.4, -0.2) is 33.2 Å². The molecule has 2 unspecified atom stereocenters. The number of nitrogens with zero attached hydrogens (tertiary/aromatic N) is 3. The standard InChI is InChI=1S/C18H22N6S/c1-12(9-19)18(22-14-4-6-15(25-2)7-5-14)16-8-3-13(10-20-16)17-11-21-24-23-17/h3-8,10-12,18,22H,9,19H2,1-2H3,(H,21,23,24). The lowest BCUT2D eigenvalue weighted by atomic mass is 9.97. The average Bonchev–Trinajstić information content (AvgIpc) is 3.21. The number of hydrogen-bond donors (Lipinski definition) is 3. The van der Waals surface area contributed by atoms with Gasteiger partial charge in [0.25, 0.3) is 0 Å². The molecule has 3 rings (SSSR count). The average molecular weight is 354 g/mol. The number of hydrogen-bond acceptors (Lipinski definition) is 6. The van der Waals surface area contributed by atoms with Gasteiger partial charge in [-0.2, -0.15) is 0 Å². The zero-order valence-electron chi connectivity index (χ0n) is 14.3. The predicted molar refractivity (Wildman–Crippen MR) is 102 cm³/mol. The van der Waals surface area contributed by atoms with E-state index in [9.17, 15) is 0 Å². The molecule has 0 amide bonds. The van der Waals surface area contributed by atoms with Crippen molar-refractivity contribution in [1.29, 1.82) is 0 Å².